The number of benzene rings is 2. The van der Waals surface area contributed by atoms with Crippen molar-refractivity contribution < 1.29 is 4.79 Å². The summed E-state index contributed by atoms with van der Waals surface area (Å²) >= 11 is 0. The molecule has 0 heterocycles. The van der Waals surface area contributed by atoms with Crippen LogP contribution in [0.25, 0.3) is 10.8 Å². The largest absolute Gasteiger partial charge is 0.313 e. The summed E-state index contributed by atoms with van der Waals surface area (Å²) in [5.41, 5.74) is 0.0933. The molecule has 3 heteroatoms. The van der Waals surface area contributed by atoms with E-state index < -0.39 is 5.41 Å². The molecule has 2 aromatic rings. The molecule has 1 aliphatic carbocycles. The molecule has 0 aromatic heterocycles. The van der Waals surface area contributed by atoms with E-state index in [0.717, 1.165) is 16.5 Å². The number of amides is 1. The number of hydrogen-bond donors (Lipinski definition) is 0. The topological polar surface area (TPSA) is 44.1 Å². The Morgan fingerprint density at radius 2 is 1.89 bits per heavy atom. The van der Waals surface area contributed by atoms with E-state index in [2.05, 4.69) is 6.07 Å². The van der Waals surface area contributed by atoms with Gasteiger partial charge in [0.05, 0.1) is 11.8 Å². The zero-order valence-electron chi connectivity index (χ0n) is 10.8. The summed E-state index contributed by atoms with van der Waals surface area (Å²) in [5, 5.41) is 11.3. The van der Waals surface area contributed by atoms with Gasteiger partial charge in [-0.1, -0.05) is 36.4 Å². The Balaban J connectivity index is 2.05. The van der Waals surface area contributed by atoms with E-state index in [-0.39, 0.29) is 5.91 Å². The molecule has 1 fully saturated rings. The van der Waals surface area contributed by atoms with Crippen LogP contribution in [0, 0.1) is 16.7 Å². The molecule has 3 nitrogen and oxygen atoms in total. The molecule has 0 spiro atoms. The van der Waals surface area contributed by atoms with Crippen molar-refractivity contribution in [2.45, 2.75) is 12.8 Å². The molecule has 0 atom stereocenters. The Morgan fingerprint density at radius 3 is 2.58 bits per heavy atom. The molecular formula is C16H14N2O. The first-order chi connectivity index (χ1) is 9.18. The van der Waals surface area contributed by atoms with Gasteiger partial charge in [-0.25, -0.2) is 0 Å². The maximum absolute atomic E-state index is 12.4. The summed E-state index contributed by atoms with van der Waals surface area (Å²) in [4.78, 5) is 14.0. The van der Waals surface area contributed by atoms with Crippen LogP contribution in [0.15, 0.2) is 42.5 Å². The van der Waals surface area contributed by atoms with Crippen molar-refractivity contribution in [2.75, 3.05) is 11.9 Å². The monoisotopic (exact) mass is 250 g/mol. The van der Waals surface area contributed by atoms with Crippen molar-refractivity contribution in [3.8, 4) is 6.07 Å². The Bertz CT molecular complexity index is 690. The molecule has 0 saturated heterocycles. The quantitative estimate of drug-likeness (QED) is 0.822. The minimum Gasteiger partial charge on any atom is -0.313 e. The highest BCUT2D eigenvalue weighted by molar-refractivity contribution is 6.07. The van der Waals surface area contributed by atoms with Crippen LogP contribution in [0.3, 0.4) is 0 Å². The van der Waals surface area contributed by atoms with E-state index in [4.69, 9.17) is 5.26 Å². The first-order valence-corrected chi connectivity index (χ1v) is 6.35. The Labute approximate surface area is 112 Å². The lowest BCUT2D eigenvalue weighted by Gasteiger charge is -2.21. The van der Waals surface area contributed by atoms with Crippen LogP contribution in [0.5, 0.6) is 0 Å². The first kappa shape index (κ1) is 11.7. The second kappa shape index (κ2) is 4.10. The zero-order valence-corrected chi connectivity index (χ0v) is 10.8. The number of nitrogens with zero attached hydrogens (tertiary/aromatic N) is 2. The molecule has 0 radical (unpaired) electrons. The van der Waals surface area contributed by atoms with Crippen LogP contribution in [0.4, 0.5) is 5.69 Å². The summed E-state index contributed by atoms with van der Waals surface area (Å²) < 4.78 is 0. The van der Waals surface area contributed by atoms with Gasteiger partial charge < -0.3 is 4.90 Å². The third-order valence-corrected chi connectivity index (χ3v) is 3.81. The molecule has 1 aliphatic rings. The number of rotatable bonds is 2. The first-order valence-electron chi connectivity index (χ1n) is 6.35. The molecular weight excluding hydrogens is 236 g/mol. The third-order valence-electron chi connectivity index (χ3n) is 3.81. The lowest BCUT2D eigenvalue weighted by Crippen LogP contribution is -2.33. The number of carbonyl (C=O) groups is 1. The molecule has 1 saturated carbocycles. The maximum Gasteiger partial charge on any atom is 0.247 e. The predicted octanol–water partition coefficient (Wildman–Crippen LogP) is 3.11. The van der Waals surface area contributed by atoms with Gasteiger partial charge in [0.25, 0.3) is 0 Å². The number of anilines is 1. The lowest BCUT2D eigenvalue weighted by molar-refractivity contribution is -0.121. The van der Waals surface area contributed by atoms with Crippen LogP contribution in [-0.2, 0) is 4.79 Å². The maximum atomic E-state index is 12.4. The highest BCUT2D eigenvalue weighted by Gasteiger charge is 2.52. The summed E-state index contributed by atoms with van der Waals surface area (Å²) in [7, 11) is 1.75. The molecule has 19 heavy (non-hydrogen) atoms. The van der Waals surface area contributed by atoms with Crippen LogP contribution in [0.1, 0.15) is 12.8 Å². The molecule has 3 rings (SSSR count). The molecule has 94 valence electrons. The molecule has 0 bridgehead atoms. The second-order valence-electron chi connectivity index (χ2n) is 5.06. The van der Waals surface area contributed by atoms with E-state index in [9.17, 15) is 4.79 Å². The Kier molecular flexibility index (Phi) is 2.53. The van der Waals surface area contributed by atoms with Gasteiger partial charge in [-0.05, 0) is 24.3 Å². The average molecular weight is 250 g/mol. The van der Waals surface area contributed by atoms with Crippen molar-refractivity contribution in [3.05, 3.63) is 42.5 Å². The van der Waals surface area contributed by atoms with Crippen molar-refractivity contribution >= 4 is 22.4 Å². The summed E-state index contributed by atoms with van der Waals surface area (Å²) in [6, 6.07) is 16.0. The van der Waals surface area contributed by atoms with Crippen molar-refractivity contribution in [1.82, 2.24) is 0 Å². The van der Waals surface area contributed by atoms with Gasteiger partial charge in [0.1, 0.15) is 5.41 Å². The molecule has 0 aliphatic heterocycles. The van der Waals surface area contributed by atoms with Crippen molar-refractivity contribution in [3.63, 3.8) is 0 Å². The SMILES string of the molecule is CN(C(=O)C1(C#N)CC1)c1cccc2ccccc12. The van der Waals surface area contributed by atoms with Crippen LogP contribution < -0.4 is 4.90 Å². The minimum absolute atomic E-state index is 0.0913. The normalized spacial score (nSPS) is 15.8. The molecule has 1 amide bonds. The number of carbonyl (C=O) groups excluding carboxylic acids is 1. The number of fused-ring (bicyclic) bond motifs is 1. The zero-order chi connectivity index (χ0) is 13.5. The van der Waals surface area contributed by atoms with Gasteiger partial charge in [-0.2, -0.15) is 5.26 Å². The number of nitriles is 1. The molecule has 0 unspecified atom stereocenters. The molecule has 0 N–H and O–H groups in total. The number of hydrogen-bond acceptors (Lipinski definition) is 2. The Morgan fingerprint density at radius 1 is 1.21 bits per heavy atom. The standard InChI is InChI=1S/C16H14N2O/c1-18(15(19)16(11-17)9-10-16)14-8-4-6-12-5-2-3-7-13(12)14/h2-8H,9-10H2,1H3. The fourth-order valence-electron chi connectivity index (χ4n) is 2.43. The van der Waals surface area contributed by atoms with E-state index in [1.807, 2.05) is 42.5 Å². The highest BCUT2D eigenvalue weighted by atomic mass is 16.2. The fraction of sp³-hybridized carbons (Fsp3) is 0.250. The van der Waals surface area contributed by atoms with Gasteiger partial charge in [0.15, 0.2) is 0 Å². The van der Waals surface area contributed by atoms with E-state index in [0.29, 0.717) is 12.8 Å². The van der Waals surface area contributed by atoms with Gasteiger partial charge in [-0.3, -0.25) is 4.79 Å². The van der Waals surface area contributed by atoms with Crippen molar-refractivity contribution in [2.24, 2.45) is 5.41 Å². The van der Waals surface area contributed by atoms with Crippen LogP contribution >= 0.6 is 0 Å². The smallest absolute Gasteiger partial charge is 0.247 e. The molecule has 2 aromatic carbocycles. The van der Waals surface area contributed by atoms with E-state index >= 15 is 0 Å². The summed E-state index contributed by atoms with van der Waals surface area (Å²) in [6.07, 6.45) is 1.36. The summed E-state index contributed by atoms with van der Waals surface area (Å²) in [6.45, 7) is 0. The van der Waals surface area contributed by atoms with Crippen LogP contribution in [-0.4, -0.2) is 13.0 Å². The van der Waals surface area contributed by atoms with E-state index in [1.54, 1.807) is 11.9 Å². The Hall–Kier alpha value is -2.34. The van der Waals surface area contributed by atoms with Gasteiger partial charge in [0.2, 0.25) is 5.91 Å². The van der Waals surface area contributed by atoms with E-state index in [1.165, 1.54) is 0 Å². The second-order valence-corrected chi connectivity index (χ2v) is 5.06. The van der Waals surface area contributed by atoms with Gasteiger partial charge >= 0.3 is 0 Å². The fourth-order valence-corrected chi connectivity index (χ4v) is 2.43. The van der Waals surface area contributed by atoms with Crippen molar-refractivity contribution in [1.29, 1.82) is 5.26 Å². The van der Waals surface area contributed by atoms with Crippen LogP contribution in [0.2, 0.25) is 0 Å². The predicted molar refractivity (Wildman–Crippen MR) is 74.6 cm³/mol. The highest BCUT2D eigenvalue weighted by Crippen LogP contribution is 2.47. The average Bonchev–Trinajstić information content (AvgIpc) is 3.26. The summed E-state index contributed by atoms with van der Waals surface area (Å²) in [5.74, 6) is -0.0913. The van der Waals surface area contributed by atoms with Gasteiger partial charge in [-0.15, -0.1) is 0 Å². The minimum atomic E-state index is -0.772. The third kappa shape index (κ3) is 1.77. The lowest BCUT2D eigenvalue weighted by atomic mass is 10.0. The van der Waals surface area contributed by atoms with Gasteiger partial charge in [0, 0.05) is 12.4 Å².